The zero-order valence-electron chi connectivity index (χ0n) is 24.4. The summed E-state index contributed by atoms with van der Waals surface area (Å²) < 4.78 is 13.8. The average Bonchev–Trinajstić information content (AvgIpc) is 3.68. The molecule has 6 heterocycles. The van der Waals surface area contributed by atoms with E-state index < -0.39 is 5.60 Å². The summed E-state index contributed by atoms with van der Waals surface area (Å²) in [6.45, 7) is 8.20. The number of nitrogens with zero attached hydrogens (tertiary/aromatic N) is 7. The Morgan fingerprint density at radius 1 is 1.17 bits per heavy atom. The molecule has 1 aromatic carbocycles. The highest BCUT2D eigenvalue weighted by Crippen LogP contribution is 2.40. The molecule has 0 bridgehead atoms. The molecule has 2 aromatic heterocycles. The van der Waals surface area contributed by atoms with Crippen LogP contribution in [-0.2, 0) is 14.3 Å². The molecular formula is C30H35N7O4S. The van der Waals surface area contributed by atoms with Gasteiger partial charge in [0.1, 0.15) is 23.0 Å². The van der Waals surface area contributed by atoms with Gasteiger partial charge in [0.2, 0.25) is 11.9 Å². The number of anilines is 2. The normalized spacial score (nSPS) is 22.4. The van der Waals surface area contributed by atoms with E-state index in [0.717, 1.165) is 58.9 Å². The Kier molecular flexibility index (Phi) is 6.65. The number of benzene rings is 1. The maximum Gasteiger partial charge on any atom is 0.410 e. The van der Waals surface area contributed by atoms with E-state index in [1.165, 1.54) is 5.57 Å². The van der Waals surface area contributed by atoms with Crippen molar-refractivity contribution in [3.05, 3.63) is 36.3 Å². The molecule has 220 valence electrons. The summed E-state index contributed by atoms with van der Waals surface area (Å²) in [6.07, 6.45) is 6.57. The predicted octanol–water partition coefficient (Wildman–Crippen LogP) is 4.83. The van der Waals surface area contributed by atoms with Crippen LogP contribution in [0.15, 0.2) is 41.2 Å². The number of carbonyl (C=O) groups excluding carboxylic acids is 2. The molecule has 0 N–H and O–H groups in total. The maximum atomic E-state index is 12.7. The number of carbonyl (C=O) groups is 2. The van der Waals surface area contributed by atoms with Gasteiger partial charge < -0.3 is 24.2 Å². The van der Waals surface area contributed by atoms with Crippen LogP contribution in [0, 0.1) is 5.92 Å². The van der Waals surface area contributed by atoms with Gasteiger partial charge >= 0.3 is 6.09 Å². The Labute approximate surface area is 248 Å². The van der Waals surface area contributed by atoms with Gasteiger partial charge in [-0.25, -0.2) is 14.8 Å². The van der Waals surface area contributed by atoms with Crippen molar-refractivity contribution in [3.8, 4) is 11.3 Å². The third kappa shape index (κ3) is 4.90. The van der Waals surface area contributed by atoms with Crippen LogP contribution >= 0.6 is 11.8 Å². The number of hydrogen-bond donors (Lipinski definition) is 0. The standard InChI is InChI=1S/C30H35N7O4S/c1-30(2,3)41-29(39)36-14-19-12-35(13-20(19)15-36)28-32-25(18-8-9-21-22(11-18)42-16-23(38)34(21)4)26-27(33-28)37(17-31-26)24-7-5-6-10-40-24/h8-9,11-12,17,20,24H,5-7,10,13-16H2,1-4H3. The third-order valence-corrected chi connectivity index (χ3v) is 9.21. The monoisotopic (exact) mass is 589 g/mol. The molecule has 4 aliphatic rings. The molecule has 2 atom stereocenters. The SMILES string of the molecule is CN1C(=O)CSc2cc(-c3nc(N4C=C5CN(C(=O)OC(C)(C)C)CC5C4)nc4c3ncn4C3CCCCO3)ccc21. The number of amides is 2. The molecule has 0 radical (unpaired) electrons. The van der Waals surface area contributed by atoms with Crippen molar-refractivity contribution in [1.82, 2.24) is 24.4 Å². The van der Waals surface area contributed by atoms with Crippen LogP contribution in [0.4, 0.5) is 16.4 Å². The topological polar surface area (TPSA) is 106 Å². The van der Waals surface area contributed by atoms with Gasteiger partial charge in [-0.2, -0.15) is 4.98 Å². The molecule has 2 amide bonds. The fourth-order valence-corrected chi connectivity index (χ4v) is 7.06. The van der Waals surface area contributed by atoms with E-state index in [1.54, 1.807) is 21.6 Å². The number of fused-ring (bicyclic) bond motifs is 3. The number of hydrogen-bond acceptors (Lipinski definition) is 9. The van der Waals surface area contributed by atoms with Crippen LogP contribution in [0.5, 0.6) is 0 Å². The summed E-state index contributed by atoms with van der Waals surface area (Å²) in [5.41, 5.74) is 4.69. The van der Waals surface area contributed by atoms with Crippen LogP contribution in [0.2, 0.25) is 0 Å². The van der Waals surface area contributed by atoms with E-state index >= 15 is 0 Å². The average molecular weight is 590 g/mol. The second-order valence-electron chi connectivity index (χ2n) is 12.4. The van der Waals surface area contributed by atoms with Gasteiger partial charge in [-0.1, -0.05) is 6.07 Å². The van der Waals surface area contributed by atoms with E-state index in [2.05, 4.69) is 17.2 Å². The number of aromatic nitrogens is 4. The molecule has 4 aliphatic heterocycles. The first-order valence-electron chi connectivity index (χ1n) is 14.5. The van der Waals surface area contributed by atoms with Gasteiger partial charge in [0.25, 0.3) is 0 Å². The van der Waals surface area contributed by atoms with E-state index in [0.29, 0.717) is 31.3 Å². The molecule has 0 spiro atoms. The minimum Gasteiger partial charge on any atom is -0.444 e. The van der Waals surface area contributed by atoms with Gasteiger partial charge in [-0.05, 0) is 57.7 Å². The summed E-state index contributed by atoms with van der Waals surface area (Å²) in [7, 11) is 1.81. The summed E-state index contributed by atoms with van der Waals surface area (Å²) in [6, 6.07) is 6.09. The molecule has 0 aliphatic carbocycles. The summed E-state index contributed by atoms with van der Waals surface area (Å²) in [5.74, 6) is 1.29. The van der Waals surface area contributed by atoms with Crippen molar-refractivity contribution in [2.24, 2.45) is 5.92 Å². The Morgan fingerprint density at radius 2 is 2.02 bits per heavy atom. The Morgan fingerprint density at radius 3 is 2.79 bits per heavy atom. The van der Waals surface area contributed by atoms with Crippen molar-refractivity contribution < 1.29 is 19.1 Å². The van der Waals surface area contributed by atoms with Crippen LogP contribution in [0.25, 0.3) is 22.4 Å². The van der Waals surface area contributed by atoms with Crippen LogP contribution in [-0.4, -0.2) is 81.1 Å². The quantitative estimate of drug-likeness (QED) is 0.425. The second kappa shape index (κ2) is 10.3. The van der Waals surface area contributed by atoms with Crippen molar-refractivity contribution in [2.75, 3.05) is 48.8 Å². The highest BCUT2D eigenvalue weighted by molar-refractivity contribution is 8.00. The number of likely N-dealkylation sites (tertiary alicyclic amines) is 1. The highest BCUT2D eigenvalue weighted by Gasteiger charge is 2.38. The lowest BCUT2D eigenvalue weighted by Gasteiger charge is -2.26. The first kappa shape index (κ1) is 27.2. The molecule has 3 aromatic rings. The van der Waals surface area contributed by atoms with Crippen LogP contribution in [0.3, 0.4) is 0 Å². The first-order valence-corrected chi connectivity index (χ1v) is 15.5. The van der Waals surface area contributed by atoms with Crippen molar-refractivity contribution in [3.63, 3.8) is 0 Å². The van der Waals surface area contributed by atoms with Gasteiger partial charge in [0.15, 0.2) is 5.65 Å². The predicted molar refractivity (Wildman–Crippen MR) is 160 cm³/mol. The number of ether oxygens (including phenoxy) is 2. The van der Waals surface area contributed by atoms with Crippen molar-refractivity contribution in [2.45, 2.75) is 56.8 Å². The van der Waals surface area contributed by atoms with E-state index in [9.17, 15) is 9.59 Å². The van der Waals surface area contributed by atoms with E-state index in [-0.39, 0.29) is 24.1 Å². The minimum absolute atomic E-state index is 0.0936. The molecule has 42 heavy (non-hydrogen) atoms. The fraction of sp³-hybridized carbons (Fsp3) is 0.500. The maximum absolute atomic E-state index is 12.7. The molecule has 11 nitrogen and oxygen atoms in total. The van der Waals surface area contributed by atoms with Crippen LogP contribution in [0.1, 0.15) is 46.3 Å². The van der Waals surface area contributed by atoms with Gasteiger partial charge in [-0.15, -0.1) is 11.8 Å². The summed E-state index contributed by atoms with van der Waals surface area (Å²) in [5, 5.41) is 0. The Balaban J connectivity index is 1.26. The lowest BCUT2D eigenvalue weighted by Crippen LogP contribution is -2.36. The zero-order valence-corrected chi connectivity index (χ0v) is 25.2. The number of thioether (sulfide) groups is 1. The molecule has 7 rings (SSSR count). The smallest absolute Gasteiger partial charge is 0.410 e. The Hall–Kier alpha value is -3.64. The minimum atomic E-state index is -0.528. The van der Waals surface area contributed by atoms with Gasteiger partial charge in [0.05, 0.1) is 17.8 Å². The third-order valence-electron chi connectivity index (χ3n) is 8.18. The lowest BCUT2D eigenvalue weighted by molar-refractivity contribution is -0.116. The van der Waals surface area contributed by atoms with Crippen molar-refractivity contribution in [1.29, 1.82) is 0 Å². The van der Waals surface area contributed by atoms with Crippen LogP contribution < -0.4 is 9.80 Å². The largest absolute Gasteiger partial charge is 0.444 e. The first-order chi connectivity index (χ1) is 20.1. The lowest BCUT2D eigenvalue weighted by atomic mass is 10.1. The second-order valence-corrected chi connectivity index (χ2v) is 13.4. The molecule has 12 heteroatoms. The summed E-state index contributed by atoms with van der Waals surface area (Å²) in [4.78, 5) is 46.5. The van der Waals surface area contributed by atoms with E-state index in [4.69, 9.17) is 24.4 Å². The summed E-state index contributed by atoms with van der Waals surface area (Å²) >= 11 is 1.55. The van der Waals surface area contributed by atoms with Gasteiger partial charge in [0, 0.05) is 55.9 Å². The number of rotatable bonds is 3. The zero-order chi connectivity index (χ0) is 29.2. The van der Waals surface area contributed by atoms with Crippen molar-refractivity contribution >= 4 is 46.6 Å². The highest BCUT2D eigenvalue weighted by atomic mass is 32.2. The molecular weight excluding hydrogens is 554 g/mol. The fourth-order valence-electron chi connectivity index (χ4n) is 6.03. The molecule has 0 saturated carbocycles. The molecule has 2 saturated heterocycles. The Bertz CT molecular complexity index is 1610. The van der Waals surface area contributed by atoms with Gasteiger partial charge in [-0.3, -0.25) is 9.36 Å². The van der Waals surface area contributed by atoms with E-state index in [1.807, 2.05) is 50.8 Å². The molecule has 2 fully saturated rings. The number of imidazole rings is 1. The molecule has 2 unspecified atom stereocenters.